The molecule has 0 aliphatic heterocycles. The molecular weight excluding hydrogens is 326 g/mol. The van der Waals surface area contributed by atoms with Gasteiger partial charge in [0.25, 0.3) is 5.56 Å². The summed E-state index contributed by atoms with van der Waals surface area (Å²) >= 11 is 0. The Morgan fingerprint density at radius 3 is 2.58 bits per heavy atom. The third kappa shape index (κ3) is 2.94. The van der Waals surface area contributed by atoms with Gasteiger partial charge in [-0.25, -0.2) is 15.0 Å². The Bertz CT molecular complexity index is 1190. The van der Waals surface area contributed by atoms with E-state index in [4.69, 9.17) is 0 Å². The van der Waals surface area contributed by atoms with Crippen LogP contribution in [0.5, 0.6) is 0 Å². The monoisotopic (exact) mass is 339 g/mol. The van der Waals surface area contributed by atoms with E-state index in [0.29, 0.717) is 23.5 Å². The third-order valence-electron chi connectivity index (χ3n) is 4.08. The first kappa shape index (κ1) is 15.7. The molecule has 124 valence electrons. The second-order valence-electron chi connectivity index (χ2n) is 5.77. The first-order valence-corrected chi connectivity index (χ1v) is 8.03. The molecule has 1 N–H and O–H groups in total. The van der Waals surface area contributed by atoms with E-state index in [2.05, 4.69) is 26.0 Å². The molecule has 0 bridgehead atoms. The molecule has 0 aliphatic carbocycles. The Morgan fingerprint density at radius 2 is 1.77 bits per heavy atom. The number of hydrogen-bond acceptors (Lipinski definition) is 5. The molecule has 2 aromatic heterocycles. The lowest BCUT2D eigenvalue weighted by Gasteiger charge is -2.06. The Balaban J connectivity index is 1.64. The summed E-state index contributed by atoms with van der Waals surface area (Å²) in [5.41, 5.74) is 3.78. The normalized spacial score (nSPS) is 10.6. The van der Waals surface area contributed by atoms with Crippen molar-refractivity contribution in [1.29, 1.82) is 5.26 Å². The molecule has 0 unspecified atom stereocenters. The first-order chi connectivity index (χ1) is 12.7. The van der Waals surface area contributed by atoms with Crippen LogP contribution in [0.4, 0.5) is 0 Å². The van der Waals surface area contributed by atoms with Crippen LogP contribution in [0.3, 0.4) is 0 Å². The highest BCUT2D eigenvalue weighted by Crippen LogP contribution is 2.23. The van der Waals surface area contributed by atoms with Gasteiger partial charge in [-0.2, -0.15) is 5.26 Å². The molecule has 0 amide bonds. The summed E-state index contributed by atoms with van der Waals surface area (Å²) in [6.07, 6.45) is 3.46. The number of benzene rings is 2. The minimum atomic E-state index is -0.294. The molecule has 0 saturated heterocycles. The van der Waals surface area contributed by atoms with E-state index in [0.717, 1.165) is 16.7 Å². The number of H-pyrrole nitrogens is 1. The number of rotatable bonds is 3. The highest BCUT2D eigenvalue weighted by Gasteiger charge is 2.08. The molecule has 2 aromatic carbocycles. The van der Waals surface area contributed by atoms with E-state index < -0.39 is 0 Å². The van der Waals surface area contributed by atoms with Crippen molar-refractivity contribution in [2.45, 2.75) is 6.42 Å². The van der Waals surface area contributed by atoms with Crippen LogP contribution in [0.1, 0.15) is 17.0 Å². The van der Waals surface area contributed by atoms with Gasteiger partial charge in [-0.3, -0.25) is 4.79 Å². The van der Waals surface area contributed by atoms with E-state index in [-0.39, 0.29) is 11.1 Å². The average molecular weight is 339 g/mol. The standard InChI is InChI=1S/C20H13N5O/c21-12-15-3-1-2-4-16(15)14-7-5-13(6-8-14)11-17-24-19-18(20(26)25-17)22-9-10-23-19/h1-10H,11H2,(H,23,24,25,26). The van der Waals surface area contributed by atoms with E-state index in [9.17, 15) is 10.1 Å². The number of hydrogen-bond donors (Lipinski definition) is 1. The lowest BCUT2D eigenvalue weighted by atomic mass is 9.99. The molecule has 0 saturated carbocycles. The maximum atomic E-state index is 12.1. The number of nitrogens with zero attached hydrogens (tertiary/aromatic N) is 4. The lowest BCUT2D eigenvalue weighted by Crippen LogP contribution is -2.14. The molecule has 2 heterocycles. The molecule has 0 spiro atoms. The van der Waals surface area contributed by atoms with E-state index in [1.54, 1.807) is 6.07 Å². The van der Waals surface area contributed by atoms with Gasteiger partial charge in [0, 0.05) is 18.8 Å². The van der Waals surface area contributed by atoms with Gasteiger partial charge >= 0.3 is 0 Å². The smallest absolute Gasteiger partial charge is 0.279 e. The second-order valence-corrected chi connectivity index (χ2v) is 5.77. The Labute approximate surface area is 148 Å². The zero-order valence-electron chi connectivity index (χ0n) is 13.7. The van der Waals surface area contributed by atoms with Crippen molar-refractivity contribution in [3.63, 3.8) is 0 Å². The van der Waals surface area contributed by atoms with Crippen molar-refractivity contribution >= 4 is 11.2 Å². The van der Waals surface area contributed by atoms with Gasteiger partial charge in [0.2, 0.25) is 0 Å². The summed E-state index contributed by atoms with van der Waals surface area (Å²) in [6.45, 7) is 0. The van der Waals surface area contributed by atoms with Crippen LogP contribution < -0.4 is 5.56 Å². The predicted octanol–water partition coefficient (Wildman–Crippen LogP) is 2.84. The number of aromatic nitrogens is 4. The maximum Gasteiger partial charge on any atom is 0.279 e. The van der Waals surface area contributed by atoms with Gasteiger partial charge < -0.3 is 4.98 Å². The average Bonchev–Trinajstić information content (AvgIpc) is 2.69. The molecule has 6 heteroatoms. The minimum Gasteiger partial charge on any atom is -0.308 e. The fraction of sp³-hybridized carbons (Fsp3) is 0.0500. The van der Waals surface area contributed by atoms with Crippen molar-refractivity contribution in [3.8, 4) is 17.2 Å². The van der Waals surface area contributed by atoms with Crippen molar-refractivity contribution < 1.29 is 0 Å². The fourth-order valence-electron chi connectivity index (χ4n) is 2.83. The maximum absolute atomic E-state index is 12.1. The number of aromatic amines is 1. The number of fused-ring (bicyclic) bond motifs is 1. The molecule has 0 atom stereocenters. The van der Waals surface area contributed by atoms with Crippen molar-refractivity contribution in [2.24, 2.45) is 0 Å². The molecule has 0 aliphatic rings. The van der Waals surface area contributed by atoms with Crippen molar-refractivity contribution in [2.75, 3.05) is 0 Å². The van der Waals surface area contributed by atoms with Gasteiger partial charge in [-0.05, 0) is 22.8 Å². The minimum absolute atomic E-state index is 0.236. The van der Waals surface area contributed by atoms with Gasteiger partial charge in [0.05, 0.1) is 11.6 Å². The topological polar surface area (TPSA) is 95.3 Å². The SMILES string of the molecule is N#Cc1ccccc1-c1ccc(Cc2nc3nccnc3c(=O)[nH]2)cc1. The Morgan fingerprint density at radius 1 is 1.00 bits per heavy atom. The summed E-state index contributed by atoms with van der Waals surface area (Å²) in [5, 5.41) is 9.24. The highest BCUT2D eigenvalue weighted by atomic mass is 16.1. The van der Waals surface area contributed by atoms with Gasteiger partial charge in [0.1, 0.15) is 5.82 Å². The Hall–Kier alpha value is -3.85. The number of nitrogens with one attached hydrogen (secondary N) is 1. The summed E-state index contributed by atoms with van der Waals surface area (Å²) in [5.74, 6) is 0.535. The zero-order valence-corrected chi connectivity index (χ0v) is 13.7. The van der Waals surface area contributed by atoms with Crippen LogP contribution in [-0.2, 0) is 6.42 Å². The molecule has 6 nitrogen and oxygen atoms in total. The van der Waals surface area contributed by atoms with Crippen molar-refractivity contribution in [3.05, 3.63) is 88.2 Å². The largest absolute Gasteiger partial charge is 0.308 e. The molecule has 4 aromatic rings. The molecule has 4 rings (SSSR count). The van der Waals surface area contributed by atoms with E-state index >= 15 is 0 Å². The fourth-order valence-corrected chi connectivity index (χ4v) is 2.83. The van der Waals surface area contributed by atoms with E-state index in [1.807, 2.05) is 42.5 Å². The quantitative estimate of drug-likeness (QED) is 0.619. The third-order valence-corrected chi connectivity index (χ3v) is 4.08. The van der Waals surface area contributed by atoms with Crippen LogP contribution in [0.25, 0.3) is 22.3 Å². The van der Waals surface area contributed by atoms with Crippen LogP contribution in [0, 0.1) is 11.3 Å². The van der Waals surface area contributed by atoms with Gasteiger partial charge in [0.15, 0.2) is 11.2 Å². The Kier molecular flexibility index (Phi) is 3.96. The van der Waals surface area contributed by atoms with Crippen LogP contribution >= 0.6 is 0 Å². The van der Waals surface area contributed by atoms with Crippen LogP contribution in [0.2, 0.25) is 0 Å². The first-order valence-electron chi connectivity index (χ1n) is 8.03. The van der Waals surface area contributed by atoms with Crippen molar-refractivity contribution in [1.82, 2.24) is 19.9 Å². The van der Waals surface area contributed by atoms with Gasteiger partial charge in [-0.15, -0.1) is 0 Å². The summed E-state index contributed by atoms with van der Waals surface area (Å²) in [6, 6.07) is 17.5. The van der Waals surface area contributed by atoms with Gasteiger partial charge in [-0.1, -0.05) is 42.5 Å². The summed E-state index contributed by atoms with van der Waals surface area (Å²) in [4.78, 5) is 27.3. The van der Waals surface area contributed by atoms with Crippen LogP contribution in [0.15, 0.2) is 65.7 Å². The zero-order chi connectivity index (χ0) is 17.9. The molecule has 26 heavy (non-hydrogen) atoms. The molecular formula is C20H13N5O. The van der Waals surface area contributed by atoms with E-state index in [1.165, 1.54) is 12.4 Å². The molecule has 0 radical (unpaired) electrons. The highest BCUT2D eigenvalue weighted by molar-refractivity contribution is 5.70. The molecule has 0 fully saturated rings. The van der Waals surface area contributed by atoms with Crippen LogP contribution in [-0.4, -0.2) is 19.9 Å². The predicted molar refractivity (Wildman–Crippen MR) is 97.4 cm³/mol. The lowest BCUT2D eigenvalue weighted by molar-refractivity contribution is 0.956. The summed E-state index contributed by atoms with van der Waals surface area (Å²) in [7, 11) is 0. The second kappa shape index (κ2) is 6.57. The number of nitriles is 1. The summed E-state index contributed by atoms with van der Waals surface area (Å²) < 4.78 is 0.